The number of hydrogen-bond donors (Lipinski definition) is 1. The Kier molecular flexibility index (Phi) is 6.56. The molecule has 13 heteroatoms. The number of pyridine rings is 1. The summed E-state index contributed by atoms with van der Waals surface area (Å²) in [7, 11) is -0.593. The second kappa shape index (κ2) is 9.69. The van der Waals surface area contributed by atoms with Crippen LogP contribution in [-0.2, 0) is 23.2 Å². The highest BCUT2D eigenvalue weighted by Crippen LogP contribution is 2.47. The van der Waals surface area contributed by atoms with Crippen LogP contribution >= 0.6 is 23.1 Å². The van der Waals surface area contributed by atoms with Crippen LogP contribution in [0.25, 0.3) is 21.7 Å². The van der Waals surface area contributed by atoms with Gasteiger partial charge >= 0.3 is 0 Å². The molecule has 5 aromatic rings. The Morgan fingerprint density at radius 3 is 2.59 bits per heavy atom. The van der Waals surface area contributed by atoms with Crippen LogP contribution < -0.4 is 13.8 Å². The minimum Gasteiger partial charge on any atom is -0.497 e. The van der Waals surface area contributed by atoms with Crippen LogP contribution in [0.15, 0.2) is 48.8 Å². The molecule has 0 aliphatic carbocycles. The average molecular weight is 560 g/mol. The lowest BCUT2D eigenvalue weighted by atomic mass is 10.1. The van der Waals surface area contributed by atoms with E-state index in [0.29, 0.717) is 38.9 Å². The monoisotopic (exact) mass is 559 g/mol. The number of benzene rings is 2. The molecule has 0 amide bonds. The lowest BCUT2D eigenvalue weighted by Crippen LogP contribution is -2.25. The fourth-order valence-electron chi connectivity index (χ4n) is 4.08. The smallest absolute Gasteiger partial charge is 0.232 e. The summed E-state index contributed by atoms with van der Waals surface area (Å²) in [5, 5.41) is 12.7. The van der Waals surface area contributed by atoms with Gasteiger partial charge in [0, 0.05) is 30.2 Å². The first-order valence-corrected chi connectivity index (χ1v) is 14.0. The van der Waals surface area contributed by atoms with E-state index in [4.69, 9.17) is 21.1 Å². The van der Waals surface area contributed by atoms with Crippen LogP contribution in [-0.4, -0.2) is 52.8 Å². The van der Waals surface area contributed by atoms with Gasteiger partial charge in [0.05, 0.1) is 31.0 Å². The zero-order valence-electron chi connectivity index (χ0n) is 20.0. The highest BCUT2D eigenvalue weighted by atomic mass is 35.5. The molecule has 0 fully saturated rings. The molecule has 0 saturated heterocycles. The molecule has 0 bridgehead atoms. The molecule has 0 radical (unpaired) electrons. The van der Waals surface area contributed by atoms with E-state index in [-0.39, 0.29) is 23.5 Å². The van der Waals surface area contributed by atoms with E-state index < -0.39 is 10.0 Å². The Morgan fingerprint density at radius 1 is 1.19 bits per heavy atom. The maximum atomic E-state index is 12.6. The van der Waals surface area contributed by atoms with Crippen LogP contribution in [0.4, 0.5) is 5.69 Å². The van der Waals surface area contributed by atoms with Crippen LogP contribution in [0.1, 0.15) is 11.4 Å². The van der Waals surface area contributed by atoms with Crippen molar-refractivity contribution in [1.82, 2.24) is 18.9 Å². The van der Waals surface area contributed by atoms with Gasteiger partial charge < -0.3 is 19.1 Å². The molecule has 0 saturated carbocycles. The number of halogens is 1. The maximum Gasteiger partial charge on any atom is 0.232 e. The molecular weight excluding hydrogens is 538 g/mol. The standard InChI is InChI=1S/C24H22ClN5O5S2/c1-29(37(3,32)33)21-16-5-4-10-26-20(16)22(35-13-14-6-8-15(34-2)9-7-14)19-17(21)11-30(23(19)31)12-18-27-24(25)36-28-18/h4-11,31H,12-13H2,1-3H3. The molecule has 37 heavy (non-hydrogen) atoms. The maximum absolute atomic E-state index is 12.6. The van der Waals surface area contributed by atoms with Gasteiger partial charge in [0.25, 0.3) is 0 Å². The second-order valence-electron chi connectivity index (χ2n) is 8.28. The second-order valence-corrected chi connectivity index (χ2v) is 11.6. The quantitative estimate of drug-likeness (QED) is 0.296. The van der Waals surface area contributed by atoms with E-state index in [0.717, 1.165) is 29.1 Å². The van der Waals surface area contributed by atoms with E-state index in [1.165, 1.54) is 15.9 Å². The molecule has 1 N–H and O–H groups in total. The lowest BCUT2D eigenvalue weighted by Gasteiger charge is -2.21. The van der Waals surface area contributed by atoms with Crippen LogP contribution in [0.3, 0.4) is 0 Å². The van der Waals surface area contributed by atoms with E-state index >= 15 is 0 Å². The van der Waals surface area contributed by atoms with Gasteiger partial charge in [-0.2, -0.15) is 4.37 Å². The van der Waals surface area contributed by atoms with Crippen molar-refractivity contribution < 1.29 is 23.0 Å². The summed E-state index contributed by atoms with van der Waals surface area (Å²) >= 11 is 6.98. The fraction of sp³-hybridized carbons (Fsp3) is 0.208. The highest BCUT2D eigenvalue weighted by molar-refractivity contribution is 7.92. The van der Waals surface area contributed by atoms with E-state index in [2.05, 4.69) is 14.3 Å². The summed E-state index contributed by atoms with van der Waals surface area (Å²) in [4.78, 5) is 8.67. The van der Waals surface area contributed by atoms with Crippen molar-refractivity contribution in [3.8, 4) is 17.4 Å². The Morgan fingerprint density at radius 2 is 1.95 bits per heavy atom. The third-order valence-electron chi connectivity index (χ3n) is 5.92. The van der Waals surface area contributed by atoms with Gasteiger partial charge in [-0.1, -0.05) is 12.1 Å². The van der Waals surface area contributed by atoms with Gasteiger partial charge in [0.15, 0.2) is 11.6 Å². The van der Waals surface area contributed by atoms with Gasteiger partial charge in [-0.3, -0.25) is 9.29 Å². The van der Waals surface area contributed by atoms with Gasteiger partial charge in [0.2, 0.25) is 20.4 Å². The summed E-state index contributed by atoms with van der Waals surface area (Å²) in [6.45, 7) is 0.299. The van der Waals surface area contributed by atoms with Crippen molar-refractivity contribution in [3.63, 3.8) is 0 Å². The normalized spacial score (nSPS) is 11.8. The van der Waals surface area contributed by atoms with Crippen molar-refractivity contribution >= 4 is 60.5 Å². The zero-order chi connectivity index (χ0) is 26.3. The number of nitrogens with zero attached hydrogens (tertiary/aromatic N) is 5. The van der Waals surface area contributed by atoms with Gasteiger partial charge in [-0.05, 0) is 53.0 Å². The van der Waals surface area contributed by atoms with Crippen molar-refractivity contribution in [2.45, 2.75) is 13.2 Å². The molecule has 0 aliphatic rings. The average Bonchev–Trinajstić information content (AvgIpc) is 3.43. The largest absolute Gasteiger partial charge is 0.497 e. The Hall–Kier alpha value is -3.61. The Bertz CT molecular complexity index is 1720. The topological polar surface area (TPSA) is 120 Å². The molecule has 10 nitrogen and oxygen atoms in total. The SMILES string of the molecule is COc1ccc(COc2c3ncccc3c(N(C)S(C)(=O)=O)c3cn(Cc4nsc(Cl)n4)c(O)c23)cc1. The summed E-state index contributed by atoms with van der Waals surface area (Å²) in [6.07, 6.45) is 4.37. The summed E-state index contributed by atoms with van der Waals surface area (Å²) < 4.78 is 43.9. The van der Waals surface area contributed by atoms with Gasteiger partial charge in [-0.25, -0.2) is 13.4 Å². The number of sulfonamides is 1. The molecule has 3 aromatic heterocycles. The number of methoxy groups -OCH3 is 1. The fourth-order valence-corrected chi connectivity index (χ4v) is 5.24. The highest BCUT2D eigenvalue weighted by Gasteiger charge is 2.27. The van der Waals surface area contributed by atoms with Crippen LogP contribution in [0.5, 0.6) is 17.4 Å². The van der Waals surface area contributed by atoms with Gasteiger partial charge in [0.1, 0.15) is 17.9 Å². The van der Waals surface area contributed by atoms with E-state index in [9.17, 15) is 13.5 Å². The summed E-state index contributed by atoms with van der Waals surface area (Å²) in [6, 6.07) is 10.9. The van der Waals surface area contributed by atoms with Crippen molar-refractivity contribution in [2.75, 3.05) is 24.7 Å². The molecule has 0 unspecified atom stereocenters. The van der Waals surface area contributed by atoms with Crippen molar-refractivity contribution in [3.05, 3.63) is 64.6 Å². The molecule has 192 valence electrons. The summed E-state index contributed by atoms with van der Waals surface area (Å²) in [5.41, 5.74) is 1.66. The van der Waals surface area contributed by atoms with Crippen molar-refractivity contribution in [2.24, 2.45) is 0 Å². The lowest BCUT2D eigenvalue weighted by molar-refractivity contribution is 0.311. The number of hydrogen-bond acceptors (Lipinski definition) is 9. The molecular formula is C24H22ClN5O5S2. The molecule has 0 atom stereocenters. The number of ether oxygens (including phenoxy) is 2. The van der Waals surface area contributed by atoms with Crippen molar-refractivity contribution in [1.29, 1.82) is 0 Å². The Balaban J connectivity index is 1.73. The molecule has 0 aliphatic heterocycles. The summed E-state index contributed by atoms with van der Waals surface area (Å²) in [5.74, 6) is 1.32. The molecule has 5 rings (SSSR count). The van der Waals surface area contributed by atoms with E-state index in [1.54, 1.807) is 31.6 Å². The minimum absolute atomic E-state index is 0.119. The number of anilines is 1. The van der Waals surface area contributed by atoms with Crippen LogP contribution in [0.2, 0.25) is 4.47 Å². The zero-order valence-corrected chi connectivity index (χ0v) is 22.4. The number of rotatable bonds is 8. The molecule has 2 aromatic carbocycles. The molecule has 0 spiro atoms. The van der Waals surface area contributed by atoms with Gasteiger partial charge in [-0.15, -0.1) is 0 Å². The number of fused-ring (bicyclic) bond motifs is 2. The third-order valence-corrected chi connectivity index (χ3v) is 7.93. The number of aromatic hydroxyl groups is 1. The molecule has 3 heterocycles. The first kappa shape index (κ1) is 25.1. The first-order chi connectivity index (χ1) is 17.7. The third kappa shape index (κ3) is 4.75. The number of aromatic nitrogens is 4. The predicted octanol–water partition coefficient (Wildman–Crippen LogP) is 4.43. The van der Waals surface area contributed by atoms with E-state index in [1.807, 2.05) is 24.3 Å². The van der Waals surface area contributed by atoms with Crippen LogP contribution in [0, 0.1) is 0 Å². The Labute approximate surface area is 221 Å². The predicted molar refractivity (Wildman–Crippen MR) is 143 cm³/mol. The first-order valence-electron chi connectivity index (χ1n) is 11.0. The minimum atomic E-state index is -3.65.